The molecule has 68 valence electrons. The average Bonchev–Trinajstić information content (AvgIpc) is 1.84. The zero-order valence-corrected chi connectivity index (χ0v) is 5.25. The second-order valence-electron chi connectivity index (χ2n) is 1.67. The van der Waals surface area contributed by atoms with Gasteiger partial charge in [0.05, 0.1) is 0 Å². The first-order valence-corrected chi connectivity index (χ1v) is 2.35. The largest absolute Gasteiger partial charge is 0.428 e. The maximum atomic E-state index is 11.7. The van der Waals surface area contributed by atoms with Crippen LogP contribution in [0.1, 0.15) is 0 Å². The minimum atomic E-state index is -5.60. The van der Waals surface area contributed by atoms with Crippen molar-refractivity contribution in [2.75, 3.05) is 7.11 Å². The molecule has 0 saturated carbocycles. The minimum Gasteiger partial charge on any atom is -0.321 e. The van der Waals surface area contributed by atoms with Gasteiger partial charge in [0.1, 0.15) is 0 Å². The van der Waals surface area contributed by atoms with Crippen LogP contribution < -0.4 is 0 Å². The minimum absolute atomic E-state index is 0.290. The fraction of sp³-hybridized carbons (Fsp3) is 1.00. The third-order valence-corrected chi connectivity index (χ3v) is 0.855. The monoisotopic (exact) mass is 182 g/mol. The molecule has 0 aromatic heterocycles. The lowest BCUT2D eigenvalue weighted by Crippen LogP contribution is -2.42. The van der Waals surface area contributed by atoms with Crippen molar-refractivity contribution in [2.45, 2.75) is 18.5 Å². The van der Waals surface area contributed by atoms with Gasteiger partial charge in [-0.1, -0.05) is 0 Å². The standard InChI is InChI=1S/C4H4F6O/c1-11-4(9,10)2(5)3(6,7)8/h2H,1H3. The maximum Gasteiger partial charge on any atom is 0.428 e. The van der Waals surface area contributed by atoms with E-state index in [9.17, 15) is 26.3 Å². The maximum absolute atomic E-state index is 11.7. The summed E-state index contributed by atoms with van der Waals surface area (Å²) in [4.78, 5) is 0. The van der Waals surface area contributed by atoms with E-state index in [-0.39, 0.29) is 7.11 Å². The van der Waals surface area contributed by atoms with Crippen molar-refractivity contribution in [1.29, 1.82) is 0 Å². The van der Waals surface area contributed by atoms with Crippen LogP contribution in [-0.4, -0.2) is 25.6 Å². The Morgan fingerprint density at radius 1 is 1.09 bits per heavy atom. The van der Waals surface area contributed by atoms with Gasteiger partial charge in [-0.15, -0.1) is 0 Å². The highest BCUT2D eigenvalue weighted by molar-refractivity contribution is 4.74. The predicted molar refractivity (Wildman–Crippen MR) is 22.9 cm³/mol. The SMILES string of the molecule is COC(F)(F)C(F)C(F)(F)F. The van der Waals surface area contributed by atoms with Crippen molar-refractivity contribution >= 4 is 0 Å². The summed E-state index contributed by atoms with van der Waals surface area (Å²) < 4.78 is 71.7. The summed E-state index contributed by atoms with van der Waals surface area (Å²) in [5.41, 5.74) is 0. The van der Waals surface area contributed by atoms with Gasteiger partial charge in [0.2, 0.25) is 0 Å². The van der Waals surface area contributed by atoms with Gasteiger partial charge in [-0.05, 0) is 0 Å². The molecule has 0 saturated heterocycles. The molecule has 0 aromatic carbocycles. The molecule has 0 radical (unpaired) electrons. The highest BCUT2D eigenvalue weighted by atomic mass is 19.4. The van der Waals surface area contributed by atoms with Gasteiger partial charge < -0.3 is 4.74 Å². The van der Waals surface area contributed by atoms with E-state index in [1.54, 1.807) is 0 Å². The first-order valence-electron chi connectivity index (χ1n) is 2.35. The Kier molecular flexibility index (Phi) is 2.76. The summed E-state index contributed by atoms with van der Waals surface area (Å²) >= 11 is 0. The molecule has 1 unspecified atom stereocenters. The lowest BCUT2D eigenvalue weighted by molar-refractivity contribution is -0.327. The van der Waals surface area contributed by atoms with Crippen LogP contribution in [-0.2, 0) is 4.74 Å². The second-order valence-corrected chi connectivity index (χ2v) is 1.67. The van der Waals surface area contributed by atoms with Crippen LogP contribution in [0.3, 0.4) is 0 Å². The average molecular weight is 182 g/mol. The molecule has 1 atom stereocenters. The fourth-order valence-corrected chi connectivity index (χ4v) is 0.294. The molecular formula is C4H4F6O. The van der Waals surface area contributed by atoms with Crippen LogP contribution in [0.25, 0.3) is 0 Å². The summed E-state index contributed by atoms with van der Waals surface area (Å²) in [6.45, 7) is 0. The molecule has 0 aliphatic heterocycles. The number of hydrogen-bond acceptors (Lipinski definition) is 1. The molecule has 0 bridgehead atoms. The quantitative estimate of drug-likeness (QED) is 0.594. The first-order chi connectivity index (χ1) is 4.72. The molecule has 7 heteroatoms. The van der Waals surface area contributed by atoms with Gasteiger partial charge >= 0.3 is 12.3 Å². The van der Waals surface area contributed by atoms with Crippen molar-refractivity contribution in [3.63, 3.8) is 0 Å². The summed E-state index contributed by atoms with van der Waals surface area (Å²) in [5.74, 6) is 0. The topological polar surface area (TPSA) is 9.23 Å². The Morgan fingerprint density at radius 2 is 1.45 bits per heavy atom. The van der Waals surface area contributed by atoms with E-state index in [2.05, 4.69) is 4.74 Å². The van der Waals surface area contributed by atoms with Crippen LogP contribution in [0.5, 0.6) is 0 Å². The van der Waals surface area contributed by atoms with E-state index in [1.165, 1.54) is 0 Å². The molecule has 0 aliphatic rings. The zero-order chi connectivity index (χ0) is 9.28. The van der Waals surface area contributed by atoms with Gasteiger partial charge in [-0.2, -0.15) is 22.0 Å². The van der Waals surface area contributed by atoms with Crippen LogP contribution in [0.2, 0.25) is 0 Å². The van der Waals surface area contributed by atoms with Crippen LogP contribution in [0.4, 0.5) is 26.3 Å². The molecule has 0 fully saturated rings. The van der Waals surface area contributed by atoms with Gasteiger partial charge in [-0.3, -0.25) is 0 Å². The molecule has 0 heterocycles. The van der Waals surface area contributed by atoms with Crippen molar-refractivity contribution in [2.24, 2.45) is 0 Å². The molecule has 0 rings (SSSR count). The lowest BCUT2D eigenvalue weighted by Gasteiger charge is -2.20. The third-order valence-electron chi connectivity index (χ3n) is 0.855. The Bertz CT molecular complexity index is 129. The molecule has 0 aliphatic carbocycles. The van der Waals surface area contributed by atoms with Crippen molar-refractivity contribution in [3.05, 3.63) is 0 Å². The van der Waals surface area contributed by atoms with E-state index in [4.69, 9.17) is 0 Å². The first kappa shape index (κ1) is 10.5. The summed E-state index contributed by atoms with van der Waals surface area (Å²) in [6, 6.07) is 0. The lowest BCUT2D eigenvalue weighted by atomic mass is 10.3. The number of ether oxygens (including phenoxy) is 1. The predicted octanol–water partition coefficient (Wildman–Crippen LogP) is 2.13. The highest BCUT2D eigenvalue weighted by Gasteiger charge is 2.57. The van der Waals surface area contributed by atoms with Crippen molar-refractivity contribution in [3.8, 4) is 0 Å². The van der Waals surface area contributed by atoms with Gasteiger partial charge in [0.15, 0.2) is 0 Å². The van der Waals surface area contributed by atoms with Gasteiger partial charge in [0.25, 0.3) is 6.17 Å². The van der Waals surface area contributed by atoms with Crippen molar-refractivity contribution in [1.82, 2.24) is 0 Å². The molecule has 11 heavy (non-hydrogen) atoms. The van der Waals surface area contributed by atoms with E-state index < -0.39 is 18.5 Å². The van der Waals surface area contributed by atoms with Gasteiger partial charge in [0, 0.05) is 7.11 Å². The smallest absolute Gasteiger partial charge is 0.321 e. The Morgan fingerprint density at radius 3 is 1.55 bits per heavy atom. The molecule has 0 N–H and O–H groups in total. The fourth-order valence-electron chi connectivity index (χ4n) is 0.294. The van der Waals surface area contributed by atoms with Gasteiger partial charge in [-0.25, -0.2) is 4.39 Å². The Hall–Kier alpha value is -0.460. The molecule has 0 amide bonds. The second kappa shape index (κ2) is 2.88. The molecule has 0 spiro atoms. The number of halogens is 6. The van der Waals surface area contributed by atoms with E-state index in [1.807, 2.05) is 0 Å². The summed E-state index contributed by atoms with van der Waals surface area (Å²) in [5, 5.41) is 0. The normalized spacial score (nSPS) is 16.6. The van der Waals surface area contributed by atoms with E-state index >= 15 is 0 Å². The summed E-state index contributed by atoms with van der Waals surface area (Å²) in [7, 11) is 0.290. The van der Waals surface area contributed by atoms with Crippen LogP contribution >= 0.6 is 0 Å². The van der Waals surface area contributed by atoms with Crippen LogP contribution in [0.15, 0.2) is 0 Å². The van der Waals surface area contributed by atoms with Crippen molar-refractivity contribution < 1.29 is 31.1 Å². The zero-order valence-electron chi connectivity index (χ0n) is 5.25. The van der Waals surface area contributed by atoms with Crippen LogP contribution in [0, 0.1) is 0 Å². The van der Waals surface area contributed by atoms with E-state index in [0.29, 0.717) is 0 Å². The number of rotatable bonds is 2. The number of alkyl halides is 6. The molecule has 1 nitrogen and oxygen atoms in total. The highest BCUT2D eigenvalue weighted by Crippen LogP contribution is 2.34. The molecular weight excluding hydrogens is 178 g/mol. The Labute approximate surface area is 57.9 Å². The Balaban J connectivity index is 4.35. The summed E-state index contributed by atoms with van der Waals surface area (Å²) in [6.07, 6.45) is -14.7. The number of methoxy groups -OCH3 is 1. The molecule has 0 aromatic rings. The number of hydrogen-bond donors (Lipinski definition) is 0. The van der Waals surface area contributed by atoms with E-state index in [0.717, 1.165) is 0 Å². The third kappa shape index (κ3) is 2.57.